The van der Waals surface area contributed by atoms with Crippen LogP contribution in [0.25, 0.3) is 0 Å². The highest BCUT2D eigenvalue weighted by molar-refractivity contribution is 7.92. The van der Waals surface area contributed by atoms with Crippen molar-refractivity contribution in [2.24, 2.45) is 5.92 Å². The summed E-state index contributed by atoms with van der Waals surface area (Å²) in [5, 5.41) is 3.38. The fourth-order valence-electron chi connectivity index (χ4n) is 3.66. The summed E-state index contributed by atoms with van der Waals surface area (Å²) in [6.07, 6.45) is 1.42. The number of hydrogen-bond acceptors (Lipinski definition) is 5. The number of halogens is 1. The molecule has 0 aliphatic carbocycles. The van der Waals surface area contributed by atoms with Crippen molar-refractivity contribution in [2.45, 2.75) is 46.2 Å². The number of carbonyl (C=O) groups excluding carboxylic acids is 2. The van der Waals surface area contributed by atoms with Crippen molar-refractivity contribution in [1.29, 1.82) is 0 Å². The second kappa shape index (κ2) is 13.5. The van der Waals surface area contributed by atoms with Gasteiger partial charge in [0.25, 0.3) is 0 Å². The predicted octanol–water partition coefficient (Wildman–Crippen LogP) is 4.08. The Labute approximate surface area is 219 Å². The van der Waals surface area contributed by atoms with Gasteiger partial charge in [-0.25, -0.2) is 8.42 Å². The van der Waals surface area contributed by atoms with E-state index >= 15 is 0 Å². The number of nitrogens with one attached hydrogen (secondary N) is 1. The maximum Gasteiger partial charge on any atom is 0.242 e. The third-order valence-corrected chi connectivity index (χ3v) is 7.21. The summed E-state index contributed by atoms with van der Waals surface area (Å²) in [5.41, 5.74) is 1.13. The Hall–Kier alpha value is -2.78. The quantitative estimate of drug-likeness (QED) is 0.415. The molecule has 0 saturated carbocycles. The van der Waals surface area contributed by atoms with E-state index in [4.69, 9.17) is 16.3 Å². The molecule has 0 aliphatic rings. The zero-order valence-electron chi connectivity index (χ0n) is 21.5. The number of nitrogens with zero attached hydrogens (tertiary/aromatic N) is 2. The standard InChI is InChI=1S/C26H36ClN3O5S/c1-19(2)17-28-26(32)20(3)29(18-21-11-6-7-12-22(21)27)25(31)15-10-16-30(36(5,33)34)23-13-8-9-14-24(23)35-4/h6-9,11-14,19-20H,10,15-18H2,1-5H3,(H,28,32). The van der Waals surface area contributed by atoms with Crippen LogP contribution in [0.4, 0.5) is 5.69 Å². The fraction of sp³-hybridized carbons (Fsp3) is 0.462. The first-order valence-electron chi connectivity index (χ1n) is 11.9. The van der Waals surface area contributed by atoms with E-state index in [-0.39, 0.29) is 43.7 Å². The van der Waals surface area contributed by atoms with Gasteiger partial charge in [-0.2, -0.15) is 0 Å². The molecule has 198 valence electrons. The molecule has 0 radical (unpaired) electrons. The highest BCUT2D eigenvalue weighted by Crippen LogP contribution is 2.30. The van der Waals surface area contributed by atoms with E-state index in [0.717, 1.165) is 11.8 Å². The van der Waals surface area contributed by atoms with E-state index in [0.29, 0.717) is 23.0 Å². The molecule has 10 heteroatoms. The van der Waals surface area contributed by atoms with Crippen LogP contribution in [0.2, 0.25) is 5.02 Å². The number of carbonyl (C=O) groups is 2. The molecule has 0 saturated heterocycles. The van der Waals surface area contributed by atoms with Gasteiger partial charge in [0.05, 0.1) is 19.1 Å². The van der Waals surface area contributed by atoms with Gasteiger partial charge in [0.15, 0.2) is 0 Å². The second-order valence-electron chi connectivity index (χ2n) is 9.04. The van der Waals surface area contributed by atoms with Crippen molar-refractivity contribution in [3.05, 3.63) is 59.1 Å². The van der Waals surface area contributed by atoms with Crippen LogP contribution in [0.5, 0.6) is 5.75 Å². The van der Waals surface area contributed by atoms with E-state index in [1.165, 1.54) is 16.3 Å². The van der Waals surface area contributed by atoms with Gasteiger partial charge in [0, 0.05) is 31.1 Å². The van der Waals surface area contributed by atoms with Gasteiger partial charge in [-0.1, -0.05) is 55.8 Å². The third-order valence-electron chi connectivity index (χ3n) is 5.66. The van der Waals surface area contributed by atoms with E-state index < -0.39 is 16.1 Å². The zero-order chi connectivity index (χ0) is 26.9. The molecule has 1 atom stereocenters. The average Bonchev–Trinajstić information content (AvgIpc) is 2.83. The molecule has 0 bridgehead atoms. The lowest BCUT2D eigenvalue weighted by molar-refractivity contribution is -0.140. The molecule has 2 aromatic rings. The molecule has 0 heterocycles. The summed E-state index contributed by atoms with van der Waals surface area (Å²) in [6, 6.07) is 13.3. The second-order valence-corrected chi connectivity index (χ2v) is 11.4. The van der Waals surface area contributed by atoms with Gasteiger partial charge < -0.3 is 15.0 Å². The van der Waals surface area contributed by atoms with Gasteiger partial charge in [0.1, 0.15) is 11.8 Å². The number of para-hydroxylation sites is 2. The van der Waals surface area contributed by atoms with Crippen molar-refractivity contribution >= 4 is 39.1 Å². The third kappa shape index (κ3) is 8.41. The number of rotatable bonds is 13. The maximum absolute atomic E-state index is 13.3. The molecule has 0 fully saturated rings. The van der Waals surface area contributed by atoms with Crippen molar-refractivity contribution in [2.75, 3.05) is 30.8 Å². The lowest BCUT2D eigenvalue weighted by Crippen LogP contribution is -2.48. The highest BCUT2D eigenvalue weighted by Gasteiger charge is 2.27. The Morgan fingerprint density at radius 3 is 2.31 bits per heavy atom. The number of sulfonamides is 1. The van der Waals surface area contributed by atoms with Crippen molar-refractivity contribution in [3.8, 4) is 5.75 Å². The smallest absolute Gasteiger partial charge is 0.242 e. The summed E-state index contributed by atoms with van der Waals surface area (Å²) in [4.78, 5) is 27.6. The van der Waals surface area contributed by atoms with Gasteiger partial charge in [-0.05, 0) is 43.0 Å². The predicted molar refractivity (Wildman–Crippen MR) is 144 cm³/mol. The first-order chi connectivity index (χ1) is 17.0. The van der Waals surface area contributed by atoms with Crippen LogP contribution >= 0.6 is 11.6 Å². The maximum atomic E-state index is 13.3. The van der Waals surface area contributed by atoms with Gasteiger partial charge in [-0.3, -0.25) is 13.9 Å². The monoisotopic (exact) mass is 537 g/mol. The van der Waals surface area contributed by atoms with Crippen LogP contribution in [0.3, 0.4) is 0 Å². The lowest BCUT2D eigenvalue weighted by Gasteiger charge is -2.30. The first-order valence-corrected chi connectivity index (χ1v) is 14.1. The Balaban J connectivity index is 2.20. The van der Waals surface area contributed by atoms with Crippen molar-refractivity contribution in [1.82, 2.24) is 10.2 Å². The minimum atomic E-state index is -3.62. The van der Waals surface area contributed by atoms with Crippen molar-refractivity contribution in [3.63, 3.8) is 0 Å². The molecule has 2 aromatic carbocycles. The molecule has 2 amide bonds. The summed E-state index contributed by atoms with van der Waals surface area (Å²) in [7, 11) is -2.15. The largest absolute Gasteiger partial charge is 0.495 e. The Morgan fingerprint density at radius 2 is 1.69 bits per heavy atom. The van der Waals surface area contributed by atoms with Crippen LogP contribution in [-0.4, -0.2) is 57.6 Å². The summed E-state index contributed by atoms with van der Waals surface area (Å²) in [6.45, 7) is 6.41. The fourth-order valence-corrected chi connectivity index (χ4v) is 4.83. The molecule has 8 nitrogen and oxygen atoms in total. The summed E-state index contributed by atoms with van der Waals surface area (Å²) >= 11 is 6.33. The van der Waals surface area contributed by atoms with E-state index in [9.17, 15) is 18.0 Å². The van der Waals surface area contributed by atoms with Crippen LogP contribution < -0.4 is 14.4 Å². The number of hydrogen-bond donors (Lipinski definition) is 1. The van der Waals surface area contributed by atoms with Crippen LogP contribution in [0.15, 0.2) is 48.5 Å². The average molecular weight is 538 g/mol. The summed E-state index contributed by atoms with van der Waals surface area (Å²) < 4.78 is 31.6. The number of ether oxygens (including phenoxy) is 1. The lowest BCUT2D eigenvalue weighted by atomic mass is 10.1. The highest BCUT2D eigenvalue weighted by atomic mass is 35.5. The molecule has 0 aromatic heterocycles. The molecular weight excluding hydrogens is 502 g/mol. The van der Waals surface area contributed by atoms with E-state index in [2.05, 4.69) is 5.32 Å². The number of methoxy groups -OCH3 is 1. The van der Waals surface area contributed by atoms with Gasteiger partial charge in [-0.15, -0.1) is 0 Å². The van der Waals surface area contributed by atoms with E-state index in [1.807, 2.05) is 26.0 Å². The Morgan fingerprint density at radius 1 is 1.06 bits per heavy atom. The van der Waals surface area contributed by atoms with Crippen molar-refractivity contribution < 1.29 is 22.7 Å². The molecule has 0 spiro atoms. The van der Waals surface area contributed by atoms with Gasteiger partial charge >= 0.3 is 0 Å². The van der Waals surface area contributed by atoms with E-state index in [1.54, 1.807) is 43.3 Å². The van der Waals surface area contributed by atoms with Gasteiger partial charge in [0.2, 0.25) is 21.8 Å². The molecule has 1 N–H and O–H groups in total. The minimum Gasteiger partial charge on any atom is -0.495 e. The first kappa shape index (κ1) is 29.5. The summed E-state index contributed by atoms with van der Waals surface area (Å²) in [5.74, 6) is 0.169. The molecular formula is C26H36ClN3O5S. The molecule has 0 aliphatic heterocycles. The van der Waals surface area contributed by atoms with Crippen LogP contribution in [0, 0.1) is 5.92 Å². The molecule has 36 heavy (non-hydrogen) atoms. The molecule has 2 rings (SSSR count). The number of benzene rings is 2. The minimum absolute atomic E-state index is 0.0490. The molecule has 1 unspecified atom stereocenters. The topological polar surface area (TPSA) is 96.0 Å². The SMILES string of the molecule is COc1ccccc1N(CCCC(=O)N(Cc1ccccc1Cl)C(C)C(=O)NCC(C)C)S(C)(=O)=O. The van der Waals surface area contributed by atoms with Crippen LogP contribution in [-0.2, 0) is 26.2 Å². The Bertz CT molecular complexity index is 1140. The number of anilines is 1. The van der Waals surface area contributed by atoms with Crippen LogP contribution in [0.1, 0.15) is 39.2 Å². The zero-order valence-corrected chi connectivity index (χ0v) is 23.1. The normalized spacial score (nSPS) is 12.2. The Kier molecular flexibility index (Phi) is 11.0. The number of amides is 2.